The molecule has 0 radical (unpaired) electrons. The zero-order valence-corrected chi connectivity index (χ0v) is 12.9. The van der Waals surface area contributed by atoms with Crippen molar-refractivity contribution in [3.8, 4) is 5.69 Å². The fraction of sp³-hybridized carbons (Fsp3) is 0.125. The molecule has 0 fully saturated rings. The molecule has 0 aliphatic heterocycles. The molecule has 1 aromatic carbocycles. The number of carbonyl (C=O) groups is 1. The van der Waals surface area contributed by atoms with Gasteiger partial charge in [0.2, 0.25) is 0 Å². The van der Waals surface area contributed by atoms with E-state index < -0.39 is 17.6 Å². The van der Waals surface area contributed by atoms with Gasteiger partial charge in [0.15, 0.2) is 5.69 Å². The van der Waals surface area contributed by atoms with Crippen molar-refractivity contribution in [2.45, 2.75) is 13.1 Å². The molecule has 2 heterocycles. The molecule has 1 N–H and O–H groups in total. The number of pyridine rings is 1. The van der Waals surface area contributed by atoms with E-state index in [2.05, 4.69) is 20.6 Å². The summed E-state index contributed by atoms with van der Waals surface area (Å²) in [6.45, 7) is 1.56. The first-order valence-corrected chi connectivity index (χ1v) is 7.17. The van der Waals surface area contributed by atoms with Gasteiger partial charge in [-0.3, -0.25) is 9.78 Å². The van der Waals surface area contributed by atoms with Gasteiger partial charge in [0.25, 0.3) is 5.91 Å². The van der Waals surface area contributed by atoms with Gasteiger partial charge < -0.3 is 5.32 Å². The van der Waals surface area contributed by atoms with Gasteiger partial charge in [0.05, 0.1) is 16.9 Å². The summed E-state index contributed by atoms with van der Waals surface area (Å²) in [5.74, 6) is -0.512. The Morgan fingerprint density at radius 3 is 2.56 bits per heavy atom. The Morgan fingerprint density at radius 2 is 1.88 bits per heavy atom. The van der Waals surface area contributed by atoms with Gasteiger partial charge >= 0.3 is 6.18 Å². The summed E-state index contributed by atoms with van der Waals surface area (Å²) in [7, 11) is 0. The predicted octanol–water partition coefficient (Wildman–Crippen LogP) is 3.24. The predicted molar refractivity (Wildman–Crippen MR) is 83.3 cm³/mol. The average molecular weight is 347 g/mol. The second-order valence-corrected chi connectivity index (χ2v) is 5.17. The van der Waals surface area contributed by atoms with Crippen LogP contribution in [-0.2, 0) is 6.18 Å². The van der Waals surface area contributed by atoms with Crippen molar-refractivity contribution in [2.75, 3.05) is 5.32 Å². The molecule has 9 heteroatoms. The van der Waals surface area contributed by atoms with Crippen LogP contribution in [0.3, 0.4) is 0 Å². The number of rotatable bonds is 3. The molecule has 0 spiro atoms. The molecular weight excluding hydrogens is 335 g/mol. The molecule has 6 nitrogen and oxygen atoms in total. The van der Waals surface area contributed by atoms with E-state index in [1.807, 2.05) is 0 Å². The number of carbonyl (C=O) groups excluding carboxylic acids is 1. The molecule has 3 rings (SSSR count). The van der Waals surface area contributed by atoms with Crippen molar-refractivity contribution < 1.29 is 18.0 Å². The number of nitrogens with zero attached hydrogens (tertiary/aromatic N) is 4. The Kier molecular flexibility index (Phi) is 4.22. The Hall–Kier alpha value is -3.23. The topological polar surface area (TPSA) is 72.7 Å². The van der Waals surface area contributed by atoms with Crippen LogP contribution in [0.1, 0.15) is 21.7 Å². The molecule has 0 bridgehead atoms. The molecule has 128 valence electrons. The van der Waals surface area contributed by atoms with Crippen molar-refractivity contribution in [1.82, 2.24) is 20.0 Å². The quantitative estimate of drug-likeness (QED) is 0.789. The minimum atomic E-state index is -4.47. The van der Waals surface area contributed by atoms with Crippen molar-refractivity contribution in [1.29, 1.82) is 0 Å². The first-order valence-electron chi connectivity index (χ1n) is 7.17. The summed E-state index contributed by atoms with van der Waals surface area (Å²) < 4.78 is 39.7. The van der Waals surface area contributed by atoms with Gasteiger partial charge in [-0.1, -0.05) is 11.3 Å². The maximum absolute atomic E-state index is 12.8. The molecule has 2 aromatic heterocycles. The zero-order chi connectivity index (χ0) is 18.0. The first kappa shape index (κ1) is 16.6. The van der Waals surface area contributed by atoms with Crippen LogP contribution in [0.15, 0.2) is 48.8 Å². The van der Waals surface area contributed by atoms with E-state index in [1.54, 1.807) is 19.1 Å². The number of alkyl halides is 3. The highest BCUT2D eigenvalue weighted by Crippen LogP contribution is 2.30. The highest BCUT2D eigenvalue weighted by atomic mass is 19.4. The number of hydrogen-bond donors (Lipinski definition) is 1. The summed E-state index contributed by atoms with van der Waals surface area (Å²) in [6.07, 6.45) is -1.43. The van der Waals surface area contributed by atoms with E-state index in [0.717, 1.165) is 12.1 Å². The lowest BCUT2D eigenvalue weighted by Crippen LogP contribution is -2.14. The Morgan fingerprint density at radius 1 is 1.16 bits per heavy atom. The molecule has 0 unspecified atom stereocenters. The third-order valence-electron chi connectivity index (χ3n) is 3.47. The number of aromatic nitrogens is 4. The summed E-state index contributed by atoms with van der Waals surface area (Å²) in [5, 5.41) is 10.2. The number of anilines is 1. The first-order chi connectivity index (χ1) is 11.9. The number of hydrogen-bond acceptors (Lipinski definition) is 4. The molecule has 0 aliphatic carbocycles. The van der Waals surface area contributed by atoms with E-state index in [9.17, 15) is 18.0 Å². The second-order valence-electron chi connectivity index (χ2n) is 5.17. The van der Waals surface area contributed by atoms with Gasteiger partial charge in [-0.2, -0.15) is 13.2 Å². The minimum absolute atomic E-state index is 0.0224. The maximum Gasteiger partial charge on any atom is 0.416 e. The second kappa shape index (κ2) is 6.34. The molecule has 25 heavy (non-hydrogen) atoms. The van der Waals surface area contributed by atoms with Gasteiger partial charge in [0.1, 0.15) is 0 Å². The molecule has 0 saturated carbocycles. The van der Waals surface area contributed by atoms with E-state index in [4.69, 9.17) is 0 Å². The smallest absolute Gasteiger partial charge is 0.320 e. The van der Waals surface area contributed by atoms with Crippen molar-refractivity contribution in [3.05, 3.63) is 65.7 Å². The van der Waals surface area contributed by atoms with Crippen LogP contribution in [-0.4, -0.2) is 25.9 Å². The van der Waals surface area contributed by atoms with E-state index in [-0.39, 0.29) is 11.4 Å². The van der Waals surface area contributed by atoms with Crippen molar-refractivity contribution >= 4 is 11.6 Å². The number of amides is 1. The van der Waals surface area contributed by atoms with Crippen LogP contribution in [0.5, 0.6) is 0 Å². The fourth-order valence-corrected chi connectivity index (χ4v) is 2.22. The molecular formula is C16H12F3N5O. The average Bonchev–Trinajstić information content (AvgIpc) is 2.97. The molecule has 0 atom stereocenters. The largest absolute Gasteiger partial charge is 0.416 e. The zero-order valence-electron chi connectivity index (χ0n) is 12.9. The summed E-state index contributed by atoms with van der Waals surface area (Å²) >= 11 is 0. The Labute approximate surface area is 140 Å². The van der Waals surface area contributed by atoms with Gasteiger partial charge in [-0.15, -0.1) is 5.10 Å². The van der Waals surface area contributed by atoms with E-state index >= 15 is 0 Å². The number of nitrogens with one attached hydrogen (secondary N) is 1. The van der Waals surface area contributed by atoms with E-state index in [1.165, 1.54) is 29.2 Å². The summed E-state index contributed by atoms with van der Waals surface area (Å²) in [5.41, 5.74) is 0.235. The Bertz CT molecular complexity index is 906. The van der Waals surface area contributed by atoms with Crippen LogP contribution in [0, 0.1) is 6.92 Å². The third kappa shape index (κ3) is 3.49. The van der Waals surface area contributed by atoms with Crippen LogP contribution < -0.4 is 5.32 Å². The van der Waals surface area contributed by atoms with Crippen LogP contribution in [0.25, 0.3) is 5.69 Å². The third-order valence-corrected chi connectivity index (χ3v) is 3.47. The number of benzene rings is 1. The fourth-order valence-electron chi connectivity index (χ4n) is 2.22. The lowest BCUT2D eigenvalue weighted by molar-refractivity contribution is -0.137. The SMILES string of the molecule is Cc1c(C(=O)Nc2ccncc2)nnn1-c1cccc(C(F)(F)F)c1. The van der Waals surface area contributed by atoms with Gasteiger partial charge in [0, 0.05) is 18.1 Å². The molecule has 0 aliphatic rings. The van der Waals surface area contributed by atoms with E-state index in [0.29, 0.717) is 11.4 Å². The minimum Gasteiger partial charge on any atom is -0.320 e. The van der Waals surface area contributed by atoms with Crippen LogP contribution in [0.2, 0.25) is 0 Å². The van der Waals surface area contributed by atoms with Crippen molar-refractivity contribution in [2.24, 2.45) is 0 Å². The summed E-state index contributed by atoms with van der Waals surface area (Å²) in [4.78, 5) is 16.1. The monoisotopic (exact) mass is 347 g/mol. The number of halogens is 3. The lowest BCUT2D eigenvalue weighted by atomic mass is 10.2. The molecule has 0 saturated heterocycles. The molecule has 3 aromatic rings. The van der Waals surface area contributed by atoms with Crippen molar-refractivity contribution in [3.63, 3.8) is 0 Å². The normalized spacial score (nSPS) is 11.4. The standard InChI is InChI=1S/C16H12F3N5O/c1-10-14(15(25)21-12-5-7-20-8-6-12)22-23-24(10)13-4-2-3-11(9-13)16(17,18)19/h2-9H,1H3,(H,20,21,25). The molecule has 1 amide bonds. The van der Waals surface area contributed by atoms with Crippen LogP contribution in [0.4, 0.5) is 18.9 Å². The van der Waals surface area contributed by atoms with Gasteiger partial charge in [-0.25, -0.2) is 4.68 Å². The Balaban J connectivity index is 1.90. The lowest BCUT2D eigenvalue weighted by Gasteiger charge is -2.09. The summed E-state index contributed by atoms with van der Waals surface area (Å²) in [6, 6.07) is 7.85. The highest BCUT2D eigenvalue weighted by Gasteiger charge is 2.31. The van der Waals surface area contributed by atoms with Crippen LogP contribution >= 0.6 is 0 Å². The highest BCUT2D eigenvalue weighted by molar-refractivity contribution is 6.03. The maximum atomic E-state index is 12.8. The van der Waals surface area contributed by atoms with Gasteiger partial charge in [-0.05, 0) is 37.3 Å².